The summed E-state index contributed by atoms with van der Waals surface area (Å²) in [4.78, 5) is 4.93. The van der Waals surface area contributed by atoms with Gasteiger partial charge in [0.05, 0.1) is 11.4 Å². The Labute approximate surface area is 409 Å². The van der Waals surface area contributed by atoms with Gasteiger partial charge in [-0.15, -0.1) is 0 Å². The molecule has 0 saturated heterocycles. The molecule has 0 unspecified atom stereocenters. The van der Waals surface area contributed by atoms with Gasteiger partial charge in [-0.2, -0.15) is 0 Å². The minimum atomic E-state index is -0.0961. The van der Waals surface area contributed by atoms with Crippen LogP contribution >= 0.6 is 0 Å². The number of aromatic nitrogens is 1. The Morgan fingerprint density at radius 1 is 0.406 bits per heavy atom. The summed E-state index contributed by atoms with van der Waals surface area (Å²) in [5, 5.41) is 2.59. The largest absolute Gasteiger partial charge is 0.453 e. The quantitative estimate of drug-likeness (QED) is 0.165. The maximum atomic E-state index is 6.47. The van der Waals surface area contributed by atoms with Gasteiger partial charge in [-0.25, -0.2) is 0 Å². The first-order chi connectivity index (χ1) is 32.8. The summed E-state index contributed by atoms with van der Waals surface area (Å²) in [5.41, 5.74) is 22.3. The third-order valence-electron chi connectivity index (χ3n) is 15.2. The summed E-state index contributed by atoms with van der Waals surface area (Å²) in [6, 6.07) is 59.8. The number of hydrogen-bond donors (Lipinski definition) is 0. The molecule has 0 atom stereocenters. The molecular formula is C64H62BN3O. The third kappa shape index (κ3) is 6.71. The number of fused-ring (bicyclic) bond motifs is 9. The van der Waals surface area contributed by atoms with Crippen LogP contribution in [0.25, 0.3) is 44.1 Å². The molecule has 12 rings (SSSR count). The highest BCUT2D eigenvalue weighted by Crippen LogP contribution is 2.53. The first-order valence-corrected chi connectivity index (χ1v) is 24.9. The molecule has 4 heterocycles. The molecule has 4 nitrogen and oxygen atoms in total. The molecule has 9 aromatic rings. The molecule has 0 amide bonds. The highest BCUT2D eigenvalue weighted by atomic mass is 16.5. The Morgan fingerprint density at radius 2 is 0.986 bits per heavy atom. The van der Waals surface area contributed by atoms with E-state index in [2.05, 4.69) is 243 Å². The lowest BCUT2D eigenvalue weighted by Gasteiger charge is -2.42. The van der Waals surface area contributed by atoms with Crippen molar-refractivity contribution in [2.24, 2.45) is 0 Å². The van der Waals surface area contributed by atoms with E-state index in [1.165, 1.54) is 94.3 Å². The Balaban J connectivity index is 1.18. The van der Waals surface area contributed by atoms with E-state index >= 15 is 0 Å². The van der Waals surface area contributed by atoms with E-state index < -0.39 is 0 Å². The van der Waals surface area contributed by atoms with Crippen molar-refractivity contribution in [2.75, 3.05) is 9.80 Å². The highest BCUT2D eigenvalue weighted by Gasteiger charge is 2.44. The standard InChI is InChI=1S/C64H62BN3O/c1-61(2,3)40-24-28-44(29-25-40)66-52-33-27-42(63(7,8)9)37-50(52)65-59-48(36-43(38-55(59)66)64(10,11)12)47-31-30-46(58-49-35-41(62(4,5)6)26-32-51(49)68(65)60(47)58)39-18-17-19-45(34-39)67-53-20-13-15-22-56(53)69-57-23-16-14-21-54(57)67/h13-38H,1-12H3. The van der Waals surface area contributed by atoms with Crippen LogP contribution < -0.4 is 25.5 Å². The molecule has 0 spiro atoms. The lowest BCUT2D eigenvalue weighted by atomic mass is 9.44. The average molecular weight is 900 g/mol. The number of rotatable bonds is 3. The second-order valence-electron chi connectivity index (χ2n) is 23.9. The lowest BCUT2D eigenvalue weighted by Crippen LogP contribution is -2.57. The summed E-state index contributed by atoms with van der Waals surface area (Å²) in [7, 11) is 0. The lowest BCUT2D eigenvalue weighted by molar-refractivity contribution is 0.477. The molecule has 3 aliphatic rings. The molecule has 342 valence electrons. The van der Waals surface area contributed by atoms with Gasteiger partial charge in [0.15, 0.2) is 11.5 Å². The van der Waals surface area contributed by atoms with Gasteiger partial charge in [0.2, 0.25) is 0 Å². The molecular weight excluding hydrogens is 838 g/mol. The van der Waals surface area contributed by atoms with Gasteiger partial charge in [0.25, 0.3) is 0 Å². The van der Waals surface area contributed by atoms with Crippen LogP contribution in [0.5, 0.6) is 11.5 Å². The Bertz CT molecular complexity index is 3540. The Hall–Kier alpha value is -6.98. The zero-order valence-electron chi connectivity index (χ0n) is 42.3. The van der Waals surface area contributed by atoms with Gasteiger partial charge in [-0.1, -0.05) is 168 Å². The Morgan fingerprint density at radius 3 is 1.64 bits per heavy atom. The van der Waals surface area contributed by atoms with Crippen LogP contribution in [-0.2, 0) is 21.7 Å². The molecule has 0 bridgehead atoms. The van der Waals surface area contributed by atoms with Crippen molar-refractivity contribution in [3.63, 3.8) is 0 Å². The van der Waals surface area contributed by atoms with Crippen LogP contribution in [0.1, 0.15) is 105 Å². The van der Waals surface area contributed by atoms with Crippen molar-refractivity contribution in [1.82, 2.24) is 4.48 Å². The zero-order chi connectivity index (χ0) is 48.1. The van der Waals surface area contributed by atoms with Crippen LogP contribution in [0.3, 0.4) is 0 Å². The first kappa shape index (κ1) is 43.3. The predicted molar refractivity (Wildman–Crippen MR) is 295 cm³/mol. The number of nitrogens with zero attached hydrogens (tertiary/aromatic N) is 3. The van der Waals surface area contributed by atoms with E-state index in [-0.39, 0.29) is 28.5 Å². The SMILES string of the molecule is CC(C)(C)c1ccc(N2c3ccc(C(C)(C)C)cc3B3c4c(cc(C(C)(C)C)cc42)-c2ccc(-c4cccc(N5c6ccccc6Oc6ccccc65)c4)c4c5cc(C(C)(C)C)ccc5n3c24)cc1. The fraction of sp³-hybridized carbons (Fsp3) is 0.250. The summed E-state index contributed by atoms with van der Waals surface area (Å²) in [5.74, 6) is 1.70. The molecule has 0 fully saturated rings. The van der Waals surface area contributed by atoms with E-state index in [0.717, 1.165) is 28.6 Å². The topological polar surface area (TPSA) is 20.6 Å². The second kappa shape index (κ2) is 14.8. The smallest absolute Gasteiger partial charge is 0.333 e. The molecule has 0 saturated carbocycles. The van der Waals surface area contributed by atoms with Crippen molar-refractivity contribution in [3.8, 4) is 33.8 Å². The molecule has 1 aromatic heterocycles. The van der Waals surface area contributed by atoms with Gasteiger partial charge in [0.1, 0.15) is 0 Å². The Kier molecular flexibility index (Phi) is 9.27. The number of benzene rings is 8. The third-order valence-corrected chi connectivity index (χ3v) is 15.2. The van der Waals surface area contributed by atoms with Crippen molar-refractivity contribution in [2.45, 2.75) is 105 Å². The van der Waals surface area contributed by atoms with Crippen LogP contribution in [0.4, 0.5) is 34.1 Å². The van der Waals surface area contributed by atoms with Crippen LogP contribution in [0.2, 0.25) is 0 Å². The van der Waals surface area contributed by atoms with Crippen molar-refractivity contribution in [1.29, 1.82) is 0 Å². The van der Waals surface area contributed by atoms with Gasteiger partial charge >= 0.3 is 6.85 Å². The molecule has 69 heavy (non-hydrogen) atoms. The molecule has 8 aromatic carbocycles. The summed E-state index contributed by atoms with van der Waals surface area (Å²) >= 11 is 0. The van der Waals surface area contributed by atoms with Gasteiger partial charge < -0.3 is 19.0 Å². The molecule has 0 aliphatic carbocycles. The number of hydrogen-bond acceptors (Lipinski definition) is 3. The van der Waals surface area contributed by atoms with E-state index in [1.54, 1.807) is 0 Å². The molecule has 3 aliphatic heterocycles. The minimum Gasteiger partial charge on any atom is -0.453 e. The van der Waals surface area contributed by atoms with E-state index in [4.69, 9.17) is 4.74 Å². The average Bonchev–Trinajstić information content (AvgIpc) is 3.65. The minimum absolute atomic E-state index is 0.0442. The van der Waals surface area contributed by atoms with Crippen molar-refractivity contribution >= 4 is 73.7 Å². The fourth-order valence-electron chi connectivity index (χ4n) is 11.3. The predicted octanol–water partition coefficient (Wildman–Crippen LogP) is 16.6. The monoisotopic (exact) mass is 899 g/mol. The molecule has 0 N–H and O–H groups in total. The van der Waals surface area contributed by atoms with Gasteiger partial charge in [-0.05, 0) is 144 Å². The molecule has 0 radical (unpaired) electrons. The van der Waals surface area contributed by atoms with Gasteiger partial charge in [0, 0.05) is 50.1 Å². The van der Waals surface area contributed by atoms with Crippen LogP contribution in [0.15, 0.2) is 158 Å². The summed E-state index contributed by atoms with van der Waals surface area (Å²) in [6.45, 7) is 28.0. The molecule has 5 heteroatoms. The number of para-hydroxylation sites is 4. The fourth-order valence-corrected chi connectivity index (χ4v) is 11.3. The number of ether oxygens (including phenoxy) is 1. The zero-order valence-corrected chi connectivity index (χ0v) is 42.3. The van der Waals surface area contributed by atoms with Crippen molar-refractivity contribution in [3.05, 3.63) is 180 Å². The maximum Gasteiger partial charge on any atom is 0.333 e. The number of anilines is 6. The van der Waals surface area contributed by atoms with Crippen LogP contribution in [0, 0.1) is 0 Å². The second-order valence-corrected chi connectivity index (χ2v) is 23.9. The van der Waals surface area contributed by atoms with E-state index in [1.807, 2.05) is 12.1 Å². The maximum absolute atomic E-state index is 6.47. The highest BCUT2D eigenvalue weighted by molar-refractivity contribution is 6.90. The first-order valence-electron chi connectivity index (χ1n) is 24.9. The summed E-state index contributed by atoms with van der Waals surface area (Å²) < 4.78 is 9.21. The van der Waals surface area contributed by atoms with E-state index in [0.29, 0.717) is 0 Å². The van der Waals surface area contributed by atoms with E-state index in [9.17, 15) is 0 Å². The van der Waals surface area contributed by atoms with Crippen LogP contribution in [-0.4, -0.2) is 11.3 Å². The van der Waals surface area contributed by atoms with Gasteiger partial charge in [-0.3, -0.25) is 0 Å². The normalized spacial score (nSPS) is 14.1. The summed E-state index contributed by atoms with van der Waals surface area (Å²) in [6.07, 6.45) is 0. The van der Waals surface area contributed by atoms with Crippen molar-refractivity contribution < 1.29 is 4.74 Å².